The van der Waals surface area contributed by atoms with E-state index in [0.29, 0.717) is 22.4 Å². The number of nitrogens with zero attached hydrogens (tertiary/aromatic N) is 2. The number of alkyl halides is 3. The SMILES string of the molecule is FC(F)(F)c1ccc(NCC2CN(Cc3ccccc3)CC2c2ccc(Cl)c(Cl)c2)nc1. The highest BCUT2D eigenvalue weighted by molar-refractivity contribution is 6.42. The van der Waals surface area contributed by atoms with E-state index >= 15 is 0 Å². The van der Waals surface area contributed by atoms with Crippen molar-refractivity contribution in [3.63, 3.8) is 0 Å². The number of pyridine rings is 1. The smallest absolute Gasteiger partial charge is 0.370 e. The predicted molar refractivity (Wildman–Crippen MR) is 122 cm³/mol. The summed E-state index contributed by atoms with van der Waals surface area (Å²) in [6.07, 6.45) is -3.54. The fourth-order valence-electron chi connectivity index (χ4n) is 4.16. The van der Waals surface area contributed by atoms with Gasteiger partial charge in [0.15, 0.2) is 0 Å². The van der Waals surface area contributed by atoms with Gasteiger partial charge in [-0.2, -0.15) is 13.2 Å². The van der Waals surface area contributed by atoms with Gasteiger partial charge in [-0.3, -0.25) is 4.90 Å². The Balaban J connectivity index is 1.49. The van der Waals surface area contributed by atoms with Gasteiger partial charge in [-0.15, -0.1) is 0 Å². The molecule has 2 heterocycles. The summed E-state index contributed by atoms with van der Waals surface area (Å²) in [5.74, 6) is 0.850. The molecule has 0 radical (unpaired) electrons. The van der Waals surface area contributed by atoms with Gasteiger partial charge in [0.1, 0.15) is 5.82 Å². The number of likely N-dealkylation sites (tertiary alicyclic amines) is 1. The first-order chi connectivity index (χ1) is 15.3. The first kappa shape index (κ1) is 22.9. The molecule has 0 spiro atoms. The Morgan fingerprint density at radius 3 is 2.41 bits per heavy atom. The molecule has 3 aromatic rings. The molecule has 1 aliphatic heterocycles. The summed E-state index contributed by atoms with van der Waals surface area (Å²) in [7, 11) is 0. The van der Waals surface area contributed by atoms with E-state index in [1.807, 2.05) is 30.3 Å². The third kappa shape index (κ3) is 5.55. The molecule has 1 aromatic heterocycles. The fourth-order valence-corrected chi connectivity index (χ4v) is 4.47. The molecule has 4 rings (SSSR count). The van der Waals surface area contributed by atoms with Crippen LogP contribution in [0.4, 0.5) is 19.0 Å². The first-order valence-corrected chi connectivity index (χ1v) is 11.0. The molecular formula is C24H22Cl2F3N3. The summed E-state index contributed by atoms with van der Waals surface area (Å²) in [5, 5.41) is 4.24. The zero-order chi connectivity index (χ0) is 22.7. The van der Waals surface area contributed by atoms with Gasteiger partial charge < -0.3 is 5.32 Å². The summed E-state index contributed by atoms with van der Waals surface area (Å²) in [5.41, 5.74) is 1.58. The highest BCUT2D eigenvalue weighted by Gasteiger charge is 2.34. The van der Waals surface area contributed by atoms with Crippen molar-refractivity contribution in [3.05, 3.63) is 93.6 Å². The molecule has 3 nitrogen and oxygen atoms in total. The molecule has 0 saturated carbocycles. The van der Waals surface area contributed by atoms with Crippen molar-refractivity contribution in [3.8, 4) is 0 Å². The maximum absolute atomic E-state index is 12.8. The number of halogens is 5. The fraction of sp³-hybridized carbons (Fsp3) is 0.292. The van der Waals surface area contributed by atoms with Crippen LogP contribution in [0, 0.1) is 5.92 Å². The predicted octanol–water partition coefficient (Wildman–Crippen LogP) is 6.73. The van der Waals surface area contributed by atoms with Crippen LogP contribution in [0.15, 0.2) is 66.9 Å². The monoisotopic (exact) mass is 479 g/mol. The van der Waals surface area contributed by atoms with Crippen LogP contribution in [0.5, 0.6) is 0 Å². The number of hydrogen-bond acceptors (Lipinski definition) is 3. The molecule has 8 heteroatoms. The number of benzene rings is 2. The molecule has 168 valence electrons. The van der Waals surface area contributed by atoms with E-state index in [9.17, 15) is 13.2 Å². The van der Waals surface area contributed by atoms with Crippen LogP contribution in [0.25, 0.3) is 0 Å². The van der Waals surface area contributed by atoms with Crippen LogP contribution < -0.4 is 5.32 Å². The minimum Gasteiger partial charge on any atom is -0.370 e. The molecule has 1 N–H and O–H groups in total. The summed E-state index contributed by atoms with van der Waals surface area (Å²) >= 11 is 12.4. The topological polar surface area (TPSA) is 28.2 Å². The minimum absolute atomic E-state index is 0.204. The van der Waals surface area contributed by atoms with E-state index in [4.69, 9.17) is 23.2 Å². The van der Waals surface area contributed by atoms with Crippen molar-refractivity contribution in [2.75, 3.05) is 25.0 Å². The summed E-state index contributed by atoms with van der Waals surface area (Å²) < 4.78 is 38.4. The molecular weight excluding hydrogens is 458 g/mol. The van der Waals surface area contributed by atoms with Crippen molar-refractivity contribution >= 4 is 29.0 Å². The molecule has 32 heavy (non-hydrogen) atoms. The molecule has 0 aliphatic carbocycles. The molecule has 0 bridgehead atoms. The maximum atomic E-state index is 12.8. The number of anilines is 1. The van der Waals surface area contributed by atoms with Gasteiger partial charge in [-0.1, -0.05) is 59.6 Å². The Kier molecular flexibility index (Phi) is 6.93. The second-order valence-corrected chi connectivity index (χ2v) is 8.84. The molecule has 1 fully saturated rings. The quantitative estimate of drug-likeness (QED) is 0.424. The molecule has 2 aromatic carbocycles. The largest absolute Gasteiger partial charge is 0.417 e. The Morgan fingerprint density at radius 1 is 0.969 bits per heavy atom. The molecule has 0 amide bonds. The second kappa shape index (κ2) is 9.69. The number of nitrogens with one attached hydrogen (secondary N) is 1. The minimum atomic E-state index is -4.39. The van der Waals surface area contributed by atoms with E-state index < -0.39 is 11.7 Å². The van der Waals surface area contributed by atoms with Crippen LogP contribution in [0.1, 0.15) is 22.6 Å². The Bertz CT molecular complexity index is 1040. The lowest BCUT2D eigenvalue weighted by molar-refractivity contribution is -0.137. The lowest BCUT2D eigenvalue weighted by Crippen LogP contribution is -2.23. The van der Waals surface area contributed by atoms with Crippen LogP contribution in [-0.4, -0.2) is 29.5 Å². The molecule has 2 unspecified atom stereocenters. The van der Waals surface area contributed by atoms with Crippen LogP contribution in [-0.2, 0) is 12.7 Å². The third-order valence-corrected chi connectivity index (χ3v) is 6.51. The van der Waals surface area contributed by atoms with E-state index in [-0.39, 0.29) is 11.8 Å². The van der Waals surface area contributed by atoms with Crippen molar-refractivity contribution in [1.29, 1.82) is 0 Å². The van der Waals surface area contributed by atoms with E-state index in [0.717, 1.165) is 37.5 Å². The highest BCUT2D eigenvalue weighted by Crippen LogP contribution is 2.36. The van der Waals surface area contributed by atoms with Crippen molar-refractivity contribution in [1.82, 2.24) is 9.88 Å². The van der Waals surface area contributed by atoms with Crippen LogP contribution in [0.2, 0.25) is 10.0 Å². The molecule has 2 atom stereocenters. The third-order valence-electron chi connectivity index (χ3n) is 5.77. The van der Waals surface area contributed by atoms with Crippen molar-refractivity contribution in [2.24, 2.45) is 5.92 Å². The second-order valence-electron chi connectivity index (χ2n) is 8.03. The van der Waals surface area contributed by atoms with Gasteiger partial charge in [0, 0.05) is 38.3 Å². The van der Waals surface area contributed by atoms with E-state index in [2.05, 4.69) is 27.3 Å². The van der Waals surface area contributed by atoms with Gasteiger partial charge in [-0.05, 0) is 41.3 Å². The van der Waals surface area contributed by atoms with Crippen LogP contribution in [0.3, 0.4) is 0 Å². The summed E-state index contributed by atoms with van der Waals surface area (Å²) in [6, 6.07) is 18.4. The average molecular weight is 480 g/mol. The van der Waals surface area contributed by atoms with Gasteiger partial charge in [0.2, 0.25) is 0 Å². The Hall–Kier alpha value is -2.28. The zero-order valence-electron chi connectivity index (χ0n) is 17.1. The first-order valence-electron chi connectivity index (χ1n) is 10.3. The normalized spacial score (nSPS) is 19.3. The standard InChI is InChI=1S/C24H22Cl2F3N3/c25-21-8-6-17(10-22(21)26)20-15-32(13-16-4-2-1-3-5-16)14-18(20)11-30-23-9-7-19(12-31-23)24(27,28)29/h1-10,12,18,20H,11,13-15H2,(H,30,31). The number of hydrogen-bond donors (Lipinski definition) is 1. The number of rotatable bonds is 6. The van der Waals surface area contributed by atoms with Gasteiger partial charge >= 0.3 is 6.18 Å². The van der Waals surface area contributed by atoms with E-state index in [1.165, 1.54) is 11.6 Å². The van der Waals surface area contributed by atoms with Crippen molar-refractivity contribution < 1.29 is 13.2 Å². The van der Waals surface area contributed by atoms with Gasteiger partial charge in [0.05, 0.1) is 15.6 Å². The van der Waals surface area contributed by atoms with E-state index in [1.54, 1.807) is 6.07 Å². The lowest BCUT2D eigenvalue weighted by atomic mass is 9.89. The van der Waals surface area contributed by atoms with Gasteiger partial charge in [-0.25, -0.2) is 4.98 Å². The lowest BCUT2D eigenvalue weighted by Gasteiger charge is -2.20. The summed E-state index contributed by atoms with van der Waals surface area (Å²) in [6.45, 7) is 3.09. The highest BCUT2D eigenvalue weighted by atomic mass is 35.5. The zero-order valence-corrected chi connectivity index (χ0v) is 18.6. The van der Waals surface area contributed by atoms with Gasteiger partial charge in [0.25, 0.3) is 0 Å². The summed E-state index contributed by atoms with van der Waals surface area (Å²) in [4.78, 5) is 6.32. The Morgan fingerprint density at radius 2 is 1.75 bits per heavy atom. The van der Waals surface area contributed by atoms with Crippen LogP contribution >= 0.6 is 23.2 Å². The molecule has 1 saturated heterocycles. The van der Waals surface area contributed by atoms with Crippen molar-refractivity contribution in [2.45, 2.75) is 18.6 Å². The molecule has 1 aliphatic rings. The Labute approximate surface area is 195 Å². The maximum Gasteiger partial charge on any atom is 0.417 e. The average Bonchev–Trinajstić information content (AvgIpc) is 3.17. The number of aromatic nitrogens is 1.